The molecule has 0 aromatic heterocycles. The van der Waals surface area contributed by atoms with E-state index < -0.39 is 15.8 Å². The van der Waals surface area contributed by atoms with Crippen molar-refractivity contribution in [1.82, 2.24) is 4.31 Å². The molecule has 0 aliphatic heterocycles. The Hall–Kier alpha value is -2.45. The summed E-state index contributed by atoms with van der Waals surface area (Å²) in [7, 11) is -0.703. The number of rotatable bonds is 6. The lowest BCUT2D eigenvalue weighted by molar-refractivity contribution is -0.114. The van der Waals surface area contributed by atoms with Crippen molar-refractivity contribution < 1.29 is 17.6 Å². The monoisotopic (exact) mass is 365 g/mol. The Bertz CT molecular complexity index is 882. The van der Waals surface area contributed by atoms with Gasteiger partial charge in [0.05, 0.1) is 11.4 Å². The molecule has 0 fully saturated rings. The normalized spacial score (nSPS) is 11.4. The molecule has 0 atom stereocenters. The number of carbonyl (C=O) groups excluding carboxylic acids is 1. The number of carbonyl (C=O) groups is 1. The van der Waals surface area contributed by atoms with Crippen molar-refractivity contribution >= 4 is 27.3 Å². The molecule has 0 aliphatic carbocycles. The Morgan fingerprint density at radius 2 is 1.88 bits per heavy atom. The largest absolute Gasteiger partial charge is 0.376 e. The zero-order valence-electron chi connectivity index (χ0n) is 14.2. The smallest absolute Gasteiger partial charge is 0.243 e. The predicted octanol–water partition coefficient (Wildman–Crippen LogP) is 2.44. The fourth-order valence-electron chi connectivity index (χ4n) is 2.11. The number of sulfonamides is 1. The molecule has 0 unspecified atom stereocenters. The van der Waals surface area contributed by atoms with E-state index in [9.17, 15) is 17.6 Å². The van der Waals surface area contributed by atoms with Crippen LogP contribution in [0.15, 0.2) is 47.4 Å². The van der Waals surface area contributed by atoms with Gasteiger partial charge in [-0.3, -0.25) is 4.79 Å². The van der Waals surface area contributed by atoms with Gasteiger partial charge in [-0.2, -0.15) is 0 Å². The average molecular weight is 365 g/mol. The van der Waals surface area contributed by atoms with Crippen LogP contribution in [0.1, 0.15) is 5.56 Å². The first-order chi connectivity index (χ1) is 11.7. The second kappa shape index (κ2) is 7.62. The summed E-state index contributed by atoms with van der Waals surface area (Å²) in [5, 5.41) is 5.48. The predicted molar refractivity (Wildman–Crippen MR) is 95.6 cm³/mol. The molecule has 2 N–H and O–H groups in total. The fraction of sp³-hybridized carbons (Fsp3) is 0.235. The molecule has 0 bridgehead atoms. The van der Waals surface area contributed by atoms with Crippen LogP contribution in [0.25, 0.3) is 0 Å². The maximum absolute atomic E-state index is 13.2. The summed E-state index contributed by atoms with van der Waals surface area (Å²) >= 11 is 0. The minimum absolute atomic E-state index is 0.0745. The van der Waals surface area contributed by atoms with Crippen LogP contribution in [0.2, 0.25) is 0 Å². The van der Waals surface area contributed by atoms with Gasteiger partial charge < -0.3 is 10.6 Å². The molecular formula is C17H20FN3O3S. The van der Waals surface area contributed by atoms with E-state index in [1.54, 1.807) is 25.1 Å². The number of anilines is 2. The van der Waals surface area contributed by atoms with Crippen molar-refractivity contribution in [3.05, 3.63) is 53.8 Å². The van der Waals surface area contributed by atoms with Gasteiger partial charge in [-0.05, 0) is 42.8 Å². The number of hydrogen-bond donors (Lipinski definition) is 2. The van der Waals surface area contributed by atoms with Crippen LogP contribution in [-0.2, 0) is 14.8 Å². The number of amides is 1. The molecule has 0 saturated heterocycles. The van der Waals surface area contributed by atoms with E-state index in [-0.39, 0.29) is 17.3 Å². The van der Waals surface area contributed by atoms with Gasteiger partial charge in [0.25, 0.3) is 0 Å². The van der Waals surface area contributed by atoms with Crippen LogP contribution in [0.3, 0.4) is 0 Å². The number of benzene rings is 2. The van der Waals surface area contributed by atoms with E-state index in [4.69, 9.17) is 0 Å². The highest BCUT2D eigenvalue weighted by Gasteiger charge is 2.17. The maximum Gasteiger partial charge on any atom is 0.243 e. The summed E-state index contributed by atoms with van der Waals surface area (Å²) in [5.41, 5.74) is 1.71. The molecule has 8 heteroatoms. The molecule has 1 amide bonds. The average Bonchev–Trinajstić information content (AvgIpc) is 2.55. The molecule has 2 rings (SSSR count). The van der Waals surface area contributed by atoms with Crippen LogP contribution in [0.5, 0.6) is 0 Å². The second-order valence-electron chi connectivity index (χ2n) is 5.68. The van der Waals surface area contributed by atoms with E-state index in [1.165, 1.54) is 38.4 Å². The lowest BCUT2D eigenvalue weighted by Crippen LogP contribution is -2.24. The molecule has 25 heavy (non-hydrogen) atoms. The third-order valence-corrected chi connectivity index (χ3v) is 5.35. The first-order valence-corrected chi connectivity index (χ1v) is 8.96. The van der Waals surface area contributed by atoms with E-state index >= 15 is 0 Å². The first-order valence-electron chi connectivity index (χ1n) is 7.52. The molecule has 6 nitrogen and oxygen atoms in total. The number of nitrogens with one attached hydrogen (secondary N) is 2. The van der Waals surface area contributed by atoms with E-state index in [0.29, 0.717) is 11.4 Å². The minimum atomic E-state index is -3.58. The van der Waals surface area contributed by atoms with Crippen molar-refractivity contribution in [2.24, 2.45) is 0 Å². The van der Waals surface area contributed by atoms with Crippen molar-refractivity contribution in [3.8, 4) is 0 Å². The lowest BCUT2D eigenvalue weighted by Gasteiger charge is -2.13. The lowest BCUT2D eigenvalue weighted by atomic mass is 10.2. The van der Waals surface area contributed by atoms with Gasteiger partial charge in [0.1, 0.15) is 5.82 Å². The summed E-state index contributed by atoms with van der Waals surface area (Å²) in [6, 6.07) is 10.3. The summed E-state index contributed by atoms with van der Waals surface area (Å²) in [6.45, 7) is 1.73. The number of halogens is 1. The van der Waals surface area contributed by atoms with Gasteiger partial charge in [-0.15, -0.1) is 0 Å². The molecule has 2 aromatic rings. The van der Waals surface area contributed by atoms with Crippen molar-refractivity contribution in [1.29, 1.82) is 0 Å². The molecule has 0 saturated carbocycles. The summed E-state index contributed by atoms with van der Waals surface area (Å²) in [4.78, 5) is 12.1. The molecular weight excluding hydrogens is 345 g/mol. The van der Waals surface area contributed by atoms with Crippen molar-refractivity contribution in [2.45, 2.75) is 11.8 Å². The van der Waals surface area contributed by atoms with Crippen LogP contribution in [0.4, 0.5) is 15.8 Å². The Kier molecular flexibility index (Phi) is 5.76. The van der Waals surface area contributed by atoms with Crippen LogP contribution in [0, 0.1) is 12.7 Å². The van der Waals surface area contributed by atoms with Gasteiger partial charge in [0.15, 0.2) is 0 Å². The topological polar surface area (TPSA) is 78.5 Å². The van der Waals surface area contributed by atoms with Crippen LogP contribution in [-0.4, -0.2) is 39.3 Å². The third-order valence-electron chi connectivity index (χ3n) is 3.54. The minimum Gasteiger partial charge on any atom is -0.376 e. The summed E-state index contributed by atoms with van der Waals surface area (Å²) in [6.07, 6.45) is 0. The standard InChI is InChI=1S/C17H20FN3O3S/c1-12-7-8-13(18)9-16(12)19-11-17(22)20-14-5-4-6-15(10-14)25(23,24)21(2)3/h4-10,19H,11H2,1-3H3,(H,20,22). The number of hydrogen-bond acceptors (Lipinski definition) is 4. The zero-order valence-corrected chi connectivity index (χ0v) is 15.0. The van der Waals surface area contributed by atoms with Gasteiger partial charge in [-0.25, -0.2) is 17.1 Å². The quantitative estimate of drug-likeness (QED) is 0.824. The van der Waals surface area contributed by atoms with Gasteiger partial charge >= 0.3 is 0 Å². The highest BCUT2D eigenvalue weighted by atomic mass is 32.2. The third kappa shape index (κ3) is 4.77. The highest BCUT2D eigenvalue weighted by Crippen LogP contribution is 2.18. The fourth-order valence-corrected chi connectivity index (χ4v) is 3.06. The Labute approximate surface area is 146 Å². The van der Waals surface area contributed by atoms with E-state index in [0.717, 1.165) is 9.87 Å². The Morgan fingerprint density at radius 1 is 1.16 bits per heavy atom. The summed E-state index contributed by atoms with van der Waals surface area (Å²) < 4.78 is 38.6. The molecule has 0 heterocycles. The van der Waals surface area contributed by atoms with Gasteiger partial charge in [0.2, 0.25) is 15.9 Å². The van der Waals surface area contributed by atoms with Crippen LogP contribution >= 0.6 is 0 Å². The van der Waals surface area contributed by atoms with Crippen molar-refractivity contribution in [2.75, 3.05) is 31.3 Å². The van der Waals surface area contributed by atoms with E-state index in [1.807, 2.05) is 0 Å². The number of nitrogens with zero attached hydrogens (tertiary/aromatic N) is 1. The van der Waals surface area contributed by atoms with Gasteiger partial charge in [0, 0.05) is 25.5 Å². The van der Waals surface area contributed by atoms with Crippen molar-refractivity contribution in [3.63, 3.8) is 0 Å². The Morgan fingerprint density at radius 3 is 2.56 bits per heavy atom. The molecule has 2 aromatic carbocycles. The first kappa shape index (κ1) is 18.9. The highest BCUT2D eigenvalue weighted by molar-refractivity contribution is 7.89. The van der Waals surface area contributed by atoms with Crippen LogP contribution < -0.4 is 10.6 Å². The SMILES string of the molecule is Cc1ccc(F)cc1NCC(=O)Nc1cccc(S(=O)(=O)N(C)C)c1. The van der Waals surface area contributed by atoms with Gasteiger partial charge in [-0.1, -0.05) is 12.1 Å². The molecule has 0 spiro atoms. The maximum atomic E-state index is 13.2. The summed E-state index contributed by atoms with van der Waals surface area (Å²) in [5.74, 6) is -0.766. The Balaban J connectivity index is 2.05. The second-order valence-corrected chi connectivity index (χ2v) is 7.83. The molecule has 134 valence electrons. The molecule has 0 aliphatic rings. The zero-order chi connectivity index (χ0) is 18.6. The molecule has 0 radical (unpaired) electrons. The number of aryl methyl sites for hydroxylation is 1. The van der Waals surface area contributed by atoms with E-state index in [2.05, 4.69) is 10.6 Å².